The van der Waals surface area contributed by atoms with Gasteiger partial charge in [0, 0.05) is 32.1 Å². The van der Waals surface area contributed by atoms with Crippen molar-refractivity contribution in [2.75, 3.05) is 14.1 Å². The van der Waals surface area contributed by atoms with Crippen LogP contribution >= 0.6 is 0 Å². The summed E-state index contributed by atoms with van der Waals surface area (Å²) in [6.45, 7) is 13.2. The Morgan fingerprint density at radius 3 is 1.95 bits per heavy atom. The molecule has 7 heteroatoms. The molecule has 21 heavy (non-hydrogen) atoms. The minimum atomic E-state index is -3.48. The molecule has 1 aromatic heterocycles. The van der Waals surface area contributed by atoms with Crippen molar-refractivity contribution in [3.05, 3.63) is 18.0 Å². The highest BCUT2D eigenvalue weighted by Gasteiger charge is 2.25. The molecule has 0 aromatic carbocycles. The van der Waals surface area contributed by atoms with E-state index in [9.17, 15) is 8.42 Å². The molecule has 1 heterocycles. The van der Waals surface area contributed by atoms with E-state index in [2.05, 4.69) is 50.7 Å². The van der Waals surface area contributed by atoms with E-state index in [1.54, 1.807) is 12.4 Å². The van der Waals surface area contributed by atoms with Crippen LogP contribution in [0.15, 0.2) is 12.4 Å². The molecule has 0 saturated heterocycles. The predicted octanol–water partition coefficient (Wildman–Crippen LogP) is 1.92. The Bertz CT molecular complexity index is 681. The third kappa shape index (κ3) is 4.58. The zero-order valence-corrected chi connectivity index (χ0v) is 17.1. The first kappa shape index (κ1) is 18.2. The molecule has 118 valence electrons. The summed E-state index contributed by atoms with van der Waals surface area (Å²) in [6, 6.07) is 0. The topological polar surface area (TPSA) is 42.3 Å². The fraction of sp³-hybridized carbons (Fsp3) is 0.571. The summed E-state index contributed by atoms with van der Waals surface area (Å²) < 4.78 is 27.1. The summed E-state index contributed by atoms with van der Waals surface area (Å²) in [6.07, 6.45) is 3.41. The highest BCUT2D eigenvalue weighted by Crippen LogP contribution is 2.11. The molecule has 1 rings (SSSR count). The second kappa shape index (κ2) is 5.76. The average Bonchev–Trinajstić information content (AvgIpc) is 2.69. The van der Waals surface area contributed by atoms with Crippen molar-refractivity contribution < 1.29 is 8.42 Å². The molecule has 0 aliphatic heterocycles. The van der Waals surface area contributed by atoms with Gasteiger partial charge in [-0.25, -0.2) is 3.97 Å². The third-order valence-electron chi connectivity index (χ3n) is 2.91. The number of aromatic nitrogens is 1. The Morgan fingerprint density at radius 2 is 1.57 bits per heavy atom. The van der Waals surface area contributed by atoms with Crippen LogP contribution < -0.4 is 5.19 Å². The van der Waals surface area contributed by atoms with Crippen molar-refractivity contribution in [3.63, 3.8) is 0 Å². The maximum Gasteiger partial charge on any atom is 0.306 e. The molecule has 0 saturated carbocycles. The summed E-state index contributed by atoms with van der Waals surface area (Å²) in [5.74, 6) is 3.23. The van der Waals surface area contributed by atoms with Crippen molar-refractivity contribution in [1.29, 1.82) is 0 Å². The van der Waals surface area contributed by atoms with Gasteiger partial charge >= 0.3 is 10.2 Å². The van der Waals surface area contributed by atoms with Gasteiger partial charge in [0.1, 0.15) is 8.07 Å². The van der Waals surface area contributed by atoms with Crippen LogP contribution in [0.4, 0.5) is 0 Å². The SMILES string of the molecule is CN(C)S(=O)(=O)n1cc(C#C[Si](C)(C)C)c([Si](C)(C)C)c1. The molecule has 0 radical (unpaired) electrons. The number of hydrogen-bond donors (Lipinski definition) is 0. The first-order valence-corrected chi connectivity index (χ1v) is 15.3. The molecular weight excluding hydrogens is 316 g/mol. The van der Waals surface area contributed by atoms with Gasteiger partial charge in [0.15, 0.2) is 0 Å². The molecule has 0 N–H and O–H groups in total. The van der Waals surface area contributed by atoms with E-state index in [1.165, 1.54) is 22.4 Å². The second-order valence-corrected chi connectivity index (χ2v) is 19.3. The first-order chi connectivity index (χ1) is 9.25. The van der Waals surface area contributed by atoms with Gasteiger partial charge in [-0.1, -0.05) is 45.2 Å². The molecule has 0 atom stereocenters. The Labute approximate surface area is 131 Å². The van der Waals surface area contributed by atoms with Crippen LogP contribution in [0.5, 0.6) is 0 Å². The van der Waals surface area contributed by atoms with Crippen molar-refractivity contribution in [3.8, 4) is 11.5 Å². The molecule has 0 aliphatic rings. The molecule has 0 aliphatic carbocycles. The fourth-order valence-corrected chi connectivity index (χ4v) is 4.62. The van der Waals surface area contributed by atoms with Crippen LogP contribution in [0, 0.1) is 11.5 Å². The van der Waals surface area contributed by atoms with E-state index in [0.29, 0.717) is 0 Å². The van der Waals surface area contributed by atoms with E-state index in [-0.39, 0.29) is 0 Å². The third-order valence-corrected chi connectivity index (χ3v) is 7.47. The van der Waals surface area contributed by atoms with Gasteiger partial charge in [0.25, 0.3) is 0 Å². The van der Waals surface area contributed by atoms with Gasteiger partial charge < -0.3 is 0 Å². The van der Waals surface area contributed by atoms with E-state index in [1.807, 2.05) is 0 Å². The highest BCUT2D eigenvalue weighted by molar-refractivity contribution is 7.87. The van der Waals surface area contributed by atoms with Gasteiger partial charge in [-0.05, 0) is 5.19 Å². The molecule has 0 unspecified atom stereocenters. The largest absolute Gasteiger partial charge is 0.306 e. The van der Waals surface area contributed by atoms with Crippen molar-refractivity contribution >= 4 is 31.5 Å². The van der Waals surface area contributed by atoms with E-state index >= 15 is 0 Å². The normalized spacial score (nSPS) is 13.2. The van der Waals surface area contributed by atoms with Gasteiger partial charge in [0.2, 0.25) is 0 Å². The molecule has 0 amide bonds. The first-order valence-electron chi connectivity index (χ1n) is 6.94. The van der Waals surface area contributed by atoms with Crippen molar-refractivity contribution in [2.24, 2.45) is 0 Å². The highest BCUT2D eigenvalue weighted by atomic mass is 32.2. The van der Waals surface area contributed by atoms with E-state index in [4.69, 9.17) is 0 Å². The standard InChI is InChI=1S/C14H26N2O2SSi2/c1-15(2)19(17,18)16-11-13(9-10-20(3,4)5)14(12-16)21(6,7)8/h11-12H,1-8H3. The number of hydrogen-bond acceptors (Lipinski definition) is 2. The van der Waals surface area contributed by atoms with Crippen molar-refractivity contribution in [2.45, 2.75) is 39.3 Å². The maximum atomic E-state index is 12.3. The number of rotatable bonds is 3. The Hall–Kier alpha value is -0.816. The lowest BCUT2D eigenvalue weighted by atomic mass is 10.4. The van der Waals surface area contributed by atoms with E-state index < -0.39 is 26.4 Å². The molecule has 4 nitrogen and oxygen atoms in total. The van der Waals surface area contributed by atoms with Crippen LogP contribution in [-0.4, -0.2) is 46.9 Å². The minimum Gasteiger partial charge on any atom is -0.239 e. The van der Waals surface area contributed by atoms with Gasteiger partial charge in [-0.3, -0.25) is 0 Å². The predicted molar refractivity (Wildman–Crippen MR) is 95.6 cm³/mol. The smallest absolute Gasteiger partial charge is 0.239 e. The Morgan fingerprint density at radius 1 is 1.05 bits per heavy atom. The lowest BCUT2D eigenvalue weighted by Crippen LogP contribution is -2.39. The van der Waals surface area contributed by atoms with Gasteiger partial charge in [-0.2, -0.15) is 12.7 Å². The monoisotopic (exact) mass is 342 g/mol. The summed E-state index contributed by atoms with van der Waals surface area (Å²) >= 11 is 0. The van der Waals surface area contributed by atoms with Crippen LogP contribution in [0.1, 0.15) is 5.56 Å². The van der Waals surface area contributed by atoms with Crippen LogP contribution in [0.25, 0.3) is 0 Å². The lowest BCUT2D eigenvalue weighted by molar-refractivity contribution is 0.511. The molecular formula is C14H26N2O2SSi2. The molecule has 0 spiro atoms. The molecule has 1 aromatic rings. The summed E-state index contributed by atoms with van der Waals surface area (Å²) in [5, 5.41) is 1.10. The molecule has 0 bridgehead atoms. The minimum absolute atomic E-state index is 0.863. The lowest BCUT2D eigenvalue weighted by Gasteiger charge is -2.15. The Kier molecular flexibility index (Phi) is 5.00. The van der Waals surface area contributed by atoms with E-state index in [0.717, 1.165) is 10.8 Å². The zero-order chi connectivity index (χ0) is 16.6. The summed E-state index contributed by atoms with van der Waals surface area (Å²) in [5.41, 5.74) is 4.20. The zero-order valence-electron chi connectivity index (χ0n) is 14.3. The molecule has 0 fully saturated rings. The van der Waals surface area contributed by atoms with Gasteiger partial charge in [-0.15, -0.1) is 5.54 Å². The quantitative estimate of drug-likeness (QED) is 0.622. The maximum absolute atomic E-state index is 12.3. The second-order valence-electron chi connectivity index (χ2n) is 7.46. The fourth-order valence-electron chi connectivity index (χ4n) is 1.70. The average molecular weight is 343 g/mol. The Balaban J connectivity index is 3.50. The van der Waals surface area contributed by atoms with Crippen LogP contribution in [0.3, 0.4) is 0 Å². The van der Waals surface area contributed by atoms with Crippen LogP contribution in [0.2, 0.25) is 39.3 Å². The van der Waals surface area contributed by atoms with Gasteiger partial charge in [0.05, 0.1) is 8.07 Å². The van der Waals surface area contributed by atoms with Crippen LogP contribution in [-0.2, 0) is 10.2 Å². The van der Waals surface area contributed by atoms with Crippen molar-refractivity contribution in [1.82, 2.24) is 8.28 Å². The summed E-state index contributed by atoms with van der Waals surface area (Å²) in [7, 11) is -3.55. The summed E-state index contributed by atoms with van der Waals surface area (Å²) in [4.78, 5) is 0. The number of nitrogens with zero attached hydrogens (tertiary/aromatic N) is 2.